The van der Waals surface area contributed by atoms with Crippen molar-refractivity contribution in [3.8, 4) is 11.1 Å². The van der Waals surface area contributed by atoms with Crippen molar-refractivity contribution >= 4 is 23.3 Å². The van der Waals surface area contributed by atoms with Crippen LogP contribution in [0.1, 0.15) is 91.5 Å². The third-order valence-electron chi connectivity index (χ3n) is 9.74. The smallest absolute Gasteiger partial charge is 0.252 e. The minimum Gasteiger partial charge on any atom is -0.366 e. The van der Waals surface area contributed by atoms with Gasteiger partial charge in [0.05, 0.1) is 5.69 Å². The highest BCUT2D eigenvalue weighted by Gasteiger charge is 2.33. The number of primary amides is 1. The van der Waals surface area contributed by atoms with Gasteiger partial charge in [0, 0.05) is 85.9 Å². The lowest BCUT2D eigenvalue weighted by Gasteiger charge is -2.35. The number of unbranched alkanes of at least 4 members (excludes halogenated alkanes) is 5. The SMILES string of the molecule is Cc1cc(C)c(CN2Cc3c(C(N)=O)cc(-c4ccc(N5CCN(CCCCCCCCC(=O)NO)CC5)nc4)cc3N2C(C)C)c(=O)[nH]1. The Bertz CT molecular complexity index is 1660. The predicted molar refractivity (Wildman–Crippen MR) is 192 cm³/mol. The van der Waals surface area contributed by atoms with Crippen LogP contribution in [0.3, 0.4) is 0 Å². The van der Waals surface area contributed by atoms with Gasteiger partial charge in [0.1, 0.15) is 5.82 Å². The van der Waals surface area contributed by atoms with Crippen LogP contribution in [0.5, 0.6) is 0 Å². The highest BCUT2D eigenvalue weighted by Crippen LogP contribution is 2.40. The molecule has 5 N–H and O–H groups in total. The van der Waals surface area contributed by atoms with Crippen molar-refractivity contribution in [2.24, 2.45) is 5.73 Å². The standard InChI is InChI=1S/C37H52N8O4/c1-25(2)45-33-21-29(20-30(36(38)47)32(33)24-44(45)23-31-26(3)19-27(4)40-37(31)48)28-12-13-34(39-22-28)43-17-15-42(16-18-43)14-10-8-6-5-7-9-11-35(46)41-49/h12-13,19-22,25,49H,5-11,14-18,23-24H2,1-4H3,(H2,38,47)(H,40,48)(H,41,46). The van der Waals surface area contributed by atoms with E-state index in [2.05, 4.69) is 56.8 Å². The van der Waals surface area contributed by atoms with E-state index in [4.69, 9.17) is 15.9 Å². The van der Waals surface area contributed by atoms with Crippen molar-refractivity contribution in [2.75, 3.05) is 42.6 Å². The second-order valence-corrected chi connectivity index (χ2v) is 13.7. The van der Waals surface area contributed by atoms with Crippen molar-refractivity contribution in [1.29, 1.82) is 0 Å². The maximum absolute atomic E-state index is 12.9. The quantitative estimate of drug-likeness (QED) is 0.103. The zero-order valence-electron chi connectivity index (χ0n) is 29.4. The molecule has 2 aromatic heterocycles. The molecule has 1 saturated heterocycles. The van der Waals surface area contributed by atoms with Crippen LogP contribution < -0.4 is 26.7 Å². The molecule has 49 heavy (non-hydrogen) atoms. The number of hydroxylamine groups is 1. The van der Waals surface area contributed by atoms with Crippen molar-refractivity contribution in [3.63, 3.8) is 0 Å². The molecule has 0 atom stereocenters. The first-order chi connectivity index (χ1) is 23.5. The van der Waals surface area contributed by atoms with Gasteiger partial charge in [-0.3, -0.25) is 24.5 Å². The maximum atomic E-state index is 12.9. The van der Waals surface area contributed by atoms with Crippen LogP contribution in [0.15, 0.2) is 41.3 Å². The van der Waals surface area contributed by atoms with E-state index in [1.54, 1.807) is 5.48 Å². The number of H-pyrrole nitrogens is 1. The summed E-state index contributed by atoms with van der Waals surface area (Å²) < 4.78 is 0. The summed E-state index contributed by atoms with van der Waals surface area (Å²) in [7, 11) is 0. The lowest BCUT2D eigenvalue weighted by atomic mass is 9.97. The van der Waals surface area contributed by atoms with Gasteiger partial charge in [0.25, 0.3) is 5.56 Å². The van der Waals surface area contributed by atoms with E-state index >= 15 is 0 Å². The molecule has 12 nitrogen and oxygen atoms in total. The Morgan fingerprint density at radius 3 is 2.33 bits per heavy atom. The molecule has 4 heterocycles. The van der Waals surface area contributed by atoms with Gasteiger partial charge in [-0.1, -0.05) is 25.7 Å². The number of aromatic amines is 1. The molecule has 5 rings (SSSR count). The van der Waals surface area contributed by atoms with Gasteiger partial charge in [0.2, 0.25) is 11.8 Å². The number of benzene rings is 1. The molecule has 2 amide bonds. The second kappa shape index (κ2) is 16.4. The number of anilines is 2. The Hall–Kier alpha value is -4.26. The molecule has 0 bridgehead atoms. The highest BCUT2D eigenvalue weighted by molar-refractivity contribution is 5.98. The molecule has 0 spiro atoms. The molecule has 0 saturated carbocycles. The first-order valence-corrected chi connectivity index (χ1v) is 17.6. The number of aromatic nitrogens is 2. The number of hydrazine groups is 1. The van der Waals surface area contributed by atoms with Gasteiger partial charge < -0.3 is 20.6 Å². The van der Waals surface area contributed by atoms with E-state index in [1.165, 1.54) is 19.3 Å². The topological polar surface area (TPSA) is 151 Å². The second-order valence-electron chi connectivity index (χ2n) is 13.7. The zero-order chi connectivity index (χ0) is 35.1. The van der Waals surface area contributed by atoms with Gasteiger partial charge in [-0.25, -0.2) is 15.5 Å². The van der Waals surface area contributed by atoms with Crippen LogP contribution in [-0.4, -0.2) is 75.7 Å². The number of piperazine rings is 1. The summed E-state index contributed by atoms with van der Waals surface area (Å²) >= 11 is 0. The van der Waals surface area contributed by atoms with Crippen LogP contribution in [0, 0.1) is 13.8 Å². The minimum absolute atomic E-state index is 0.0834. The third-order valence-corrected chi connectivity index (χ3v) is 9.74. The maximum Gasteiger partial charge on any atom is 0.252 e. The Morgan fingerprint density at radius 1 is 0.980 bits per heavy atom. The highest BCUT2D eigenvalue weighted by atomic mass is 16.5. The van der Waals surface area contributed by atoms with Crippen LogP contribution in [0.4, 0.5) is 11.5 Å². The Balaban J connectivity index is 1.20. The normalized spacial score (nSPS) is 15.2. The first-order valence-electron chi connectivity index (χ1n) is 17.6. The summed E-state index contributed by atoms with van der Waals surface area (Å²) in [5.41, 5.74) is 14.1. The van der Waals surface area contributed by atoms with E-state index in [9.17, 15) is 14.4 Å². The number of hydrogen-bond donors (Lipinski definition) is 4. The Kier molecular flexibility index (Phi) is 12.1. The summed E-state index contributed by atoms with van der Waals surface area (Å²) in [4.78, 5) is 49.3. The van der Waals surface area contributed by atoms with Gasteiger partial charge in [-0.05, 0) is 88.5 Å². The number of aryl methyl sites for hydroxylation is 2. The number of hydrogen-bond acceptors (Lipinski definition) is 9. The fourth-order valence-corrected chi connectivity index (χ4v) is 7.15. The first kappa shape index (κ1) is 36.0. The van der Waals surface area contributed by atoms with Crippen LogP contribution >= 0.6 is 0 Å². The van der Waals surface area contributed by atoms with E-state index in [1.807, 2.05) is 32.2 Å². The lowest BCUT2D eigenvalue weighted by Crippen LogP contribution is -2.46. The average molecular weight is 673 g/mol. The van der Waals surface area contributed by atoms with Gasteiger partial charge in [-0.2, -0.15) is 0 Å². The number of nitrogens with zero attached hydrogens (tertiary/aromatic N) is 5. The number of fused-ring (bicyclic) bond motifs is 1. The molecular weight excluding hydrogens is 620 g/mol. The molecule has 1 fully saturated rings. The largest absolute Gasteiger partial charge is 0.366 e. The molecule has 2 aliphatic rings. The van der Waals surface area contributed by atoms with Crippen LogP contribution in [-0.2, 0) is 17.9 Å². The molecule has 3 aromatic rings. The summed E-state index contributed by atoms with van der Waals surface area (Å²) in [5.74, 6) is 0.169. The zero-order valence-corrected chi connectivity index (χ0v) is 29.4. The predicted octanol–water partition coefficient (Wildman–Crippen LogP) is 4.66. The van der Waals surface area contributed by atoms with Gasteiger partial charge in [0.15, 0.2) is 0 Å². The van der Waals surface area contributed by atoms with E-state index < -0.39 is 5.91 Å². The average Bonchev–Trinajstić information content (AvgIpc) is 3.45. The van der Waals surface area contributed by atoms with Gasteiger partial charge in [-0.15, -0.1) is 0 Å². The molecule has 264 valence electrons. The Labute approximate surface area is 289 Å². The molecule has 0 aliphatic carbocycles. The van der Waals surface area contributed by atoms with Crippen molar-refractivity contribution in [1.82, 2.24) is 25.4 Å². The number of amides is 2. The van der Waals surface area contributed by atoms with Crippen LogP contribution in [0.2, 0.25) is 0 Å². The number of carbonyl (C=O) groups excluding carboxylic acids is 2. The number of rotatable bonds is 15. The van der Waals surface area contributed by atoms with Crippen LogP contribution in [0.25, 0.3) is 11.1 Å². The lowest BCUT2D eigenvalue weighted by molar-refractivity contribution is -0.129. The van der Waals surface area contributed by atoms with Gasteiger partial charge >= 0.3 is 0 Å². The number of pyridine rings is 2. The summed E-state index contributed by atoms with van der Waals surface area (Å²) in [6, 6.07) is 10.2. The molecule has 0 unspecified atom stereocenters. The van der Waals surface area contributed by atoms with Crippen molar-refractivity contribution < 1.29 is 14.8 Å². The molecule has 1 aromatic carbocycles. The fourth-order valence-electron chi connectivity index (χ4n) is 7.15. The fraction of sp³-hybridized carbons (Fsp3) is 0.514. The Morgan fingerprint density at radius 2 is 1.69 bits per heavy atom. The van der Waals surface area contributed by atoms with E-state index in [-0.39, 0.29) is 17.5 Å². The summed E-state index contributed by atoms with van der Waals surface area (Å²) in [6.07, 6.45) is 8.76. The summed E-state index contributed by atoms with van der Waals surface area (Å²) in [6.45, 7) is 13.9. The molecule has 12 heteroatoms. The summed E-state index contributed by atoms with van der Waals surface area (Å²) in [5, 5.41) is 12.9. The number of carbonyl (C=O) groups is 2. The minimum atomic E-state index is -0.472. The molecule has 0 radical (unpaired) electrons. The monoisotopic (exact) mass is 672 g/mol. The molecular formula is C37H52N8O4. The number of nitrogens with two attached hydrogens (primary N) is 1. The van der Waals surface area contributed by atoms with E-state index in [0.717, 1.165) is 91.4 Å². The number of nitrogens with one attached hydrogen (secondary N) is 2. The molecule has 2 aliphatic heterocycles. The van der Waals surface area contributed by atoms with E-state index in [0.29, 0.717) is 30.6 Å². The third kappa shape index (κ3) is 8.86. The van der Waals surface area contributed by atoms with Crippen molar-refractivity contribution in [2.45, 2.75) is 91.8 Å². The van der Waals surface area contributed by atoms with Crippen molar-refractivity contribution in [3.05, 3.63) is 74.8 Å².